The van der Waals surface area contributed by atoms with Crippen molar-refractivity contribution in [3.05, 3.63) is 98.9 Å². The maximum atomic E-state index is 10.7. The minimum atomic E-state index is -0.677. The average Bonchev–Trinajstić information content (AvgIpc) is 3.04. The number of aliphatic hydroxyl groups excluding tert-OH is 1. The van der Waals surface area contributed by atoms with Crippen LogP contribution in [0.3, 0.4) is 0 Å². The number of allylic oxidation sites excluding steroid dienone is 3. The van der Waals surface area contributed by atoms with Gasteiger partial charge in [0, 0.05) is 16.5 Å². The van der Waals surface area contributed by atoms with E-state index in [4.69, 9.17) is 9.47 Å². The van der Waals surface area contributed by atoms with Crippen LogP contribution >= 0.6 is 15.9 Å². The van der Waals surface area contributed by atoms with Crippen molar-refractivity contribution >= 4 is 21.5 Å². The summed E-state index contributed by atoms with van der Waals surface area (Å²) < 4.78 is 12.8. The highest BCUT2D eigenvalue weighted by atomic mass is 79.9. The van der Waals surface area contributed by atoms with Crippen LogP contribution in [0.2, 0.25) is 0 Å². The van der Waals surface area contributed by atoms with Gasteiger partial charge in [0.1, 0.15) is 18.5 Å². The molecule has 0 aromatic heterocycles. The molecule has 0 fully saturated rings. The molecule has 1 N–H and O–H groups in total. The van der Waals surface area contributed by atoms with Gasteiger partial charge in [0.2, 0.25) is 0 Å². The molecule has 2 aromatic carbocycles. The topological polar surface area (TPSA) is 38.7 Å². The van der Waals surface area contributed by atoms with E-state index >= 15 is 0 Å². The summed E-state index contributed by atoms with van der Waals surface area (Å²) in [7, 11) is 1.64. The Morgan fingerprint density at radius 1 is 1.04 bits per heavy atom. The van der Waals surface area contributed by atoms with E-state index in [2.05, 4.69) is 28.1 Å². The summed E-state index contributed by atoms with van der Waals surface area (Å²) in [6.45, 7) is 0.495. The molecule has 0 heterocycles. The summed E-state index contributed by atoms with van der Waals surface area (Å²) in [5.41, 5.74) is 5.28. The molecule has 1 unspecified atom stereocenters. The second-order valence-electron chi connectivity index (χ2n) is 6.65. The molecule has 0 saturated carbocycles. The average molecular weight is 425 g/mol. The third-order valence-electron chi connectivity index (χ3n) is 4.99. The third-order valence-corrected chi connectivity index (χ3v) is 5.51. The van der Waals surface area contributed by atoms with Crippen LogP contribution in [-0.4, -0.2) is 18.3 Å². The van der Waals surface area contributed by atoms with Gasteiger partial charge in [-0.25, -0.2) is 0 Å². The first-order valence-corrected chi connectivity index (χ1v) is 9.80. The Labute approximate surface area is 167 Å². The summed E-state index contributed by atoms with van der Waals surface area (Å²) >= 11 is 3.48. The van der Waals surface area contributed by atoms with Crippen molar-refractivity contribution in [2.75, 3.05) is 7.11 Å². The fraction of sp³-hybridized carbons (Fsp3) is 0.217. The van der Waals surface area contributed by atoms with Crippen molar-refractivity contribution in [2.24, 2.45) is 0 Å². The molecule has 2 aliphatic rings. The normalized spacial score (nSPS) is 19.1. The van der Waals surface area contributed by atoms with Gasteiger partial charge in [-0.05, 0) is 46.9 Å². The molecular formula is C23H21BrO3. The SMILES string of the molecule is COC1=C(OCc2ccccc2)CCC2=C1C(O)C=C2c1ccc(Br)cc1. The van der Waals surface area contributed by atoms with Crippen molar-refractivity contribution in [3.8, 4) is 0 Å². The molecule has 4 rings (SSSR count). The largest absolute Gasteiger partial charge is 0.493 e. The van der Waals surface area contributed by atoms with Crippen molar-refractivity contribution in [3.63, 3.8) is 0 Å². The first kappa shape index (κ1) is 18.1. The number of hydrogen-bond acceptors (Lipinski definition) is 3. The molecule has 27 heavy (non-hydrogen) atoms. The number of halogens is 1. The number of ether oxygens (including phenoxy) is 2. The Morgan fingerprint density at radius 2 is 1.78 bits per heavy atom. The molecule has 138 valence electrons. The minimum Gasteiger partial charge on any atom is -0.493 e. The smallest absolute Gasteiger partial charge is 0.162 e. The fourth-order valence-electron chi connectivity index (χ4n) is 3.71. The second kappa shape index (κ2) is 7.75. The van der Waals surface area contributed by atoms with Crippen LogP contribution in [0.25, 0.3) is 5.57 Å². The van der Waals surface area contributed by atoms with Crippen molar-refractivity contribution in [1.82, 2.24) is 0 Å². The minimum absolute atomic E-state index is 0.495. The molecule has 0 spiro atoms. The molecule has 1 atom stereocenters. The number of aliphatic hydroxyl groups is 1. The number of hydrogen-bond donors (Lipinski definition) is 1. The molecular weight excluding hydrogens is 404 g/mol. The van der Waals surface area contributed by atoms with Crippen LogP contribution < -0.4 is 0 Å². The quantitative estimate of drug-likeness (QED) is 0.700. The van der Waals surface area contributed by atoms with E-state index in [9.17, 15) is 5.11 Å². The highest BCUT2D eigenvalue weighted by Gasteiger charge is 2.34. The van der Waals surface area contributed by atoms with E-state index in [1.54, 1.807) is 7.11 Å². The van der Waals surface area contributed by atoms with Gasteiger partial charge in [-0.1, -0.05) is 58.4 Å². The summed E-state index contributed by atoms with van der Waals surface area (Å²) in [5, 5.41) is 10.7. The molecule has 3 nitrogen and oxygen atoms in total. The molecule has 2 aliphatic carbocycles. The highest BCUT2D eigenvalue weighted by molar-refractivity contribution is 9.10. The lowest BCUT2D eigenvalue weighted by molar-refractivity contribution is 0.150. The Hall–Kier alpha value is -2.30. The molecule has 2 aromatic rings. The highest BCUT2D eigenvalue weighted by Crippen LogP contribution is 2.45. The van der Waals surface area contributed by atoms with Crippen LogP contribution in [0.1, 0.15) is 24.0 Å². The van der Waals surface area contributed by atoms with Gasteiger partial charge in [0.05, 0.1) is 7.11 Å². The lowest BCUT2D eigenvalue weighted by atomic mass is 9.90. The monoisotopic (exact) mass is 424 g/mol. The predicted molar refractivity (Wildman–Crippen MR) is 110 cm³/mol. The third kappa shape index (κ3) is 3.60. The van der Waals surface area contributed by atoms with Gasteiger partial charge < -0.3 is 14.6 Å². The lowest BCUT2D eigenvalue weighted by Crippen LogP contribution is -2.15. The number of rotatable bonds is 5. The zero-order valence-corrected chi connectivity index (χ0v) is 16.7. The van der Waals surface area contributed by atoms with Gasteiger partial charge in [-0.3, -0.25) is 0 Å². The van der Waals surface area contributed by atoms with E-state index in [1.807, 2.05) is 48.5 Å². The predicted octanol–water partition coefficient (Wildman–Crippen LogP) is 5.37. The molecule has 0 amide bonds. The first-order chi connectivity index (χ1) is 13.2. The molecule has 0 bridgehead atoms. The lowest BCUT2D eigenvalue weighted by Gasteiger charge is -2.24. The molecule has 4 heteroatoms. The molecule has 0 radical (unpaired) electrons. The molecule has 0 aliphatic heterocycles. The van der Waals surface area contributed by atoms with Crippen molar-refractivity contribution < 1.29 is 14.6 Å². The Morgan fingerprint density at radius 3 is 2.48 bits per heavy atom. The number of methoxy groups -OCH3 is 1. The summed E-state index contributed by atoms with van der Waals surface area (Å²) in [6, 6.07) is 18.2. The first-order valence-electron chi connectivity index (χ1n) is 9.01. The van der Waals surface area contributed by atoms with E-state index < -0.39 is 6.10 Å². The van der Waals surface area contributed by atoms with Gasteiger partial charge in [-0.2, -0.15) is 0 Å². The van der Waals surface area contributed by atoms with Crippen LogP contribution in [0.5, 0.6) is 0 Å². The standard InChI is InChI=1S/C23H21BrO3/c1-26-23-21(27-14-15-5-3-2-4-6-15)12-11-18-19(13-20(25)22(18)23)16-7-9-17(24)10-8-16/h2-10,13,20,25H,11-12,14H2,1H3. The van der Waals surface area contributed by atoms with Crippen LogP contribution in [0.4, 0.5) is 0 Å². The maximum absolute atomic E-state index is 10.7. The van der Waals surface area contributed by atoms with Crippen molar-refractivity contribution in [1.29, 1.82) is 0 Å². The van der Waals surface area contributed by atoms with Crippen LogP contribution in [-0.2, 0) is 16.1 Å². The summed E-state index contributed by atoms with van der Waals surface area (Å²) in [4.78, 5) is 0. The molecule has 0 saturated heterocycles. The Bertz CT molecular complexity index is 924. The maximum Gasteiger partial charge on any atom is 0.162 e. The van der Waals surface area contributed by atoms with E-state index in [0.717, 1.165) is 50.9 Å². The zero-order chi connectivity index (χ0) is 18.8. The van der Waals surface area contributed by atoms with E-state index in [-0.39, 0.29) is 0 Å². The Kier molecular flexibility index (Phi) is 5.19. The van der Waals surface area contributed by atoms with Gasteiger partial charge >= 0.3 is 0 Å². The zero-order valence-electron chi connectivity index (χ0n) is 15.1. The number of benzene rings is 2. The van der Waals surface area contributed by atoms with E-state index in [1.165, 1.54) is 0 Å². The summed E-state index contributed by atoms with van der Waals surface area (Å²) in [6.07, 6.45) is 2.82. The summed E-state index contributed by atoms with van der Waals surface area (Å²) in [5.74, 6) is 1.48. The van der Waals surface area contributed by atoms with Gasteiger partial charge in [0.25, 0.3) is 0 Å². The van der Waals surface area contributed by atoms with Gasteiger partial charge in [-0.15, -0.1) is 0 Å². The van der Waals surface area contributed by atoms with Crippen molar-refractivity contribution in [2.45, 2.75) is 25.6 Å². The second-order valence-corrected chi connectivity index (χ2v) is 7.57. The van der Waals surface area contributed by atoms with Gasteiger partial charge in [0.15, 0.2) is 5.76 Å². The van der Waals surface area contributed by atoms with Crippen LogP contribution in [0.15, 0.2) is 87.8 Å². The van der Waals surface area contributed by atoms with Crippen LogP contribution in [0, 0.1) is 0 Å². The van der Waals surface area contributed by atoms with E-state index in [0.29, 0.717) is 12.4 Å². The fourth-order valence-corrected chi connectivity index (χ4v) is 3.98. The Balaban J connectivity index is 1.63.